The number of rotatable bonds is 9. The van der Waals surface area contributed by atoms with Crippen LogP contribution in [0.4, 0.5) is 5.69 Å². The molecule has 1 amide bonds. The van der Waals surface area contributed by atoms with Crippen LogP contribution in [0.2, 0.25) is 0 Å². The van der Waals surface area contributed by atoms with Crippen molar-refractivity contribution in [2.45, 2.75) is 65.5 Å². The van der Waals surface area contributed by atoms with Crippen molar-refractivity contribution in [3.05, 3.63) is 59.2 Å². The van der Waals surface area contributed by atoms with Gasteiger partial charge in [0, 0.05) is 25.3 Å². The van der Waals surface area contributed by atoms with E-state index in [0.29, 0.717) is 13.0 Å². The van der Waals surface area contributed by atoms with E-state index in [4.69, 9.17) is 4.74 Å². The monoisotopic (exact) mass is 394 g/mol. The molecule has 29 heavy (non-hydrogen) atoms. The zero-order valence-corrected chi connectivity index (χ0v) is 18.0. The summed E-state index contributed by atoms with van der Waals surface area (Å²) in [5, 5.41) is 3.03. The second-order valence-corrected chi connectivity index (χ2v) is 7.71. The smallest absolute Gasteiger partial charge is 0.261 e. The molecule has 156 valence electrons. The lowest BCUT2D eigenvalue weighted by atomic mass is 9.92. The number of fused-ring (bicyclic) bond motifs is 1. The van der Waals surface area contributed by atoms with Gasteiger partial charge in [0.15, 0.2) is 6.10 Å². The van der Waals surface area contributed by atoms with Crippen LogP contribution in [0.25, 0.3) is 0 Å². The molecule has 0 aliphatic heterocycles. The molecular formula is C25H34N2O2. The fraction of sp³-hybridized carbons (Fsp3) is 0.480. The number of anilines is 1. The molecule has 0 fully saturated rings. The topological polar surface area (TPSA) is 41.6 Å². The predicted octanol–water partition coefficient (Wildman–Crippen LogP) is 4.89. The van der Waals surface area contributed by atoms with E-state index in [2.05, 4.69) is 60.5 Å². The van der Waals surface area contributed by atoms with Crippen molar-refractivity contribution in [1.82, 2.24) is 5.32 Å². The number of nitrogens with zero attached hydrogens (tertiary/aromatic N) is 1. The summed E-state index contributed by atoms with van der Waals surface area (Å²) >= 11 is 0. The highest BCUT2D eigenvalue weighted by Crippen LogP contribution is 2.26. The maximum Gasteiger partial charge on any atom is 0.261 e. The largest absolute Gasteiger partial charge is 0.481 e. The van der Waals surface area contributed by atoms with Crippen LogP contribution < -0.4 is 15.0 Å². The molecule has 2 aromatic rings. The number of nitrogens with one attached hydrogen (secondary N) is 1. The number of hydrogen-bond acceptors (Lipinski definition) is 3. The Labute approximate surface area is 175 Å². The predicted molar refractivity (Wildman–Crippen MR) is 120 cm³/mol. The van der Waals surface area contributed by atoms with E-state index in [1.807, 2.05) is 13.0 Å². The average Bonchev–Trinajstić information content (AvgIpc) is 2.77. The zero-order valence-electron chi connectivity index (χ0n) is 18.0. The minimum absolute atomic E-state index is 0.0574. The first-order valence-electron chi connectivity index (χ1n) is 11.0. The molecule has 2 aromatic carbocycles. The molecule has 1 atom stereocenters. The number of hydrogen-bond donors (Lipinski definition) is 1. The van der Waals surface area contributed by atoms with Gasteiger partial charge in [0.25, 0.3) is 5.91 Å². The summed E-state index contributed by atoms with van der Waals surface area (Å²) in [4.78, 5) is 15.0. The summed E-state index contributed by atoms with van der Waals surface area (Å²) in [6.45, 7) is 8.80. The number of ether oxygens (including phenoxy) is 1. The lowest BCUT2D eigenvalue weighted by Crippen LogP contribution is -2.37. The Bertz CT molecular complexity index is 797. The number of aryl methyl sites for hydroxylation is 2. The fourth-order valence-corrected chi connectivity index (χ4v) is 3.99. The van der Waals surface area contributed by atoms with Crippen LogP contribution in [0, 0.1) is 0 Å². The summed E-state index contributed by atoms with van der Waals surface area (Å²) in [5.74, 6) is 0.745. The van der Waals surface area contributed by atoms with Crippen molar-refractivity contribution in [3.8, 4) is 5.75 Å². The molecule has 1 N–H and O–H groups in total. The van der Waals surface area contributed by atoms with Crippen molar-refractivity contribution in [2.75, 3.05) is 18.0 Å². The van der Waals surface area contributed by atoms with E-state index in [1.165, 1.54) is 29.7 Å². The van der Waals surface area contributed by atoms with Crippen LogP contribution in [0.15, 0.2) is 42.5 Å². The number of benzene rings is 2. The molecule has 0 radical (unpaired) electrons. The zero-order chi connectivity index (χ0) is 20.6. The number of carbonyl (C=O) groups is 1. The first-order valence-corrected chi connectivity index (χ1v) is 11.0. The van der Waals surface area contributed by atoms with Gasteiger partial charge in [0.2, 0.25) is 0 Å². The molecular weight excluding hydrogens is 360 g/mol. The second kappa shape index (κ2) is 10.3. The molecule has 0 bridgehead atoms. The van der Waals surface area contributed by atoms with Gasteiger partial charge in [0.05, 0.1) is 0 Å². The quantitative estimate of drug-likeness (QED) is 0.659. The lowest BCUT2D eigenvalue weighted by Gasteiger charge is -2.21. The van der Waals surface area contributed by atoms with Gasteiger partial charge in [-0.3, -0.25) is 4.79 Å². The average molecular weight is 395 g/mol. The van der Waals surface area contributed by atoms with Crippen molar-refractivity contribution >= 4 is 11.6 Å². The maximum atomic E-state index is 12.7. The van der Waals surface area contributed by atoms with E-state index in [-0.39, 0.29) is 5.91 Å². The molecule has 0 saturated carbocycles. The first-order chi connectivity index (χ1) is 14.1. The van der Waals surface area contributed by atoms with E-state index in [9.17, 15) is 4.79 Å². The van der Waals surface area contributed by atoms with Crippen LogP contribution in [0.5, 0.6) is 5.75 Å². The van der Waals surface area contributed by atoms with Gasteiger partial charge in [0.1, 0.15) is 5.75 Å². The molecule has 0 aromatic heterocycles. The van der Waals surface area contributed by atoms with E-state index in [0.717, 1.165) is 37.2 Å². The molecule has 0 spiro atoms. The van der Waals surface area contributed by atoms with Crippen LogP contribution in [0.1, 0.15) is 56.7 Å². The highest BCUT2D eigenvalue weighted by atomic mass is 16.5. The SMILES string of the molecule is CCC(Oc1ccc2c(c1)CCCC2)C(=O)NCc1ccc(N(CC)CC)cc1. The van der Waals surface area contributed by atoms with E-state index < -0.39 is 6.10 Å². The second-order valence-electron chi connectivity index (χ2n) is 7.71. The Hall–Kier alpha value is -2.49. The summed E-state index contributed by atoms with van der Waals surface area (Å²) < 4.78 is 6.04. The Balaban J connectivity index is 1.56. The van der Waals surface area contributed by atoms with Crippen molar-refractivity contribution in [1.29, 1.82) is 0 Å². The Kier molecular flexibility index (Phi) is 7.56. The van der Waals surface area contributed by atoms with Gasteiger partial charge in [-0.25, -0.2) is 0 Å². The maximum absolute atomic E-state index is 12.7. The minimum Gasteiger partial charge on any atom is -0.481 e. The van der Waals surface area contributed by atoms with Gasteiger partial charge >= 0.3 is 0 Å². The molecule has 0 saturated heterocycles. The van der Waals surface area contributed by atoms with Crippen LogP contribution in [0.3, 0.4) is 0 Å². The molecule has 0 heterocycles. The number of amides is 1. The summed E-state index contributed by atoms with van der Waals surface area (Å²) in [5.41, 5.74) is 5.11. The van der Waals surface area contributed by atoms with Gasteiger partial charge < -0.3 is 15.0 Å². The first kappa shape index (κ1) is 21.2. The third kappa shape index (κ3) is 5.53. The van der Waals surface area contributed by atoms with Crippen molar-refractivity contribution in [2.24, 2.45) is 0 Å². The van der Waals surface area contributed by atoms with Crippen LogP contribution >= 0.6 is 0 Å². The number of carbonyl (C=O) groups excluding carboxylic acids is 1. The summed E-state index contributed by atoms with van der Waals surface area (Å²) in [6.07, 6.45) is 4.94. The highest BCUT2D eigenvalue weighted by molar-refractivity contribution is 5.81. The summed E-state index contributed by atoms with van der Waals surface area (Å²) in [6, 6.07) is 14.7. The normalized spacial score (nSPS) is 14.0. The molecule has 1 aliphatic rings. The standard InChI is InChI=1S/C25H34N2O2/c1-4-24(29-23-16-13-20-9-7-8-10-21(20)17-23)25(28)26-18-19-11-14-22(15-12-19)27(5-2)6-3/h11-17,24H,4-10,18H2,1-3H3,(H,26,28). The molecule has 3 rings (SSSR count). The van der Waals surface area contributed by atoms with Gasteiger partial charge in [-0.1, -0.05) is 25.1 Å². The summed E-state index contributed by atoms with van der Waals surface area (Å²) in [7, 11) is 0. The van der Waals surface area contributed by atoms with Crippen molar-refractivity contribution < 1.29 is 9.53 Å². The lowest BCUT2D eigenvalue weighted by molar-refractivity contribution is -0.128. The van der Waals surface area contributed by atoms with Gasteiger partial charge in [-0.15, -0.1) is 0 Å². The molecule has 4 nitrogen and oxygen atoms in total. The highest BCUT2D eigenvalue weighted by Gasteiger charge is 2.19. The third-order valence-electron chi connectivity index (χ3n) is 5.79. The fourth-order valence-electron chi connectivity index (χ4n) is 3.99. The Morgan fingerprint density at radius 1 is 1.00 bits per heavy atom. The third-order valence-corrected chi connectivity index (χ3v) is 5.79. The minimum atomic E-state index is -0.466. The molecule has 1 aliphatic carbocycles. The van der Waals surface area contributed by atoms with E-state index >= 15 is 0 Å². The molecule has 4 heteroatoms. The van der Waals surface area contributed by atoms with Gasteiger partial charge in [-0.05, 0) is 86.9 Å². The Morgan fingerprint density at radius 2 is 1.69 bits per heavy atom. The van der Waals surface area contributed by atoms with Gasteiger partial charge in [-0.2, -0.15) is 0 Å². The van der Waals surface area contributed by atoms with Crippen LogP contribution in [-0.4, -0.2) is 25.1 Å². The van der Waals surface area contributed by atoms with E-state index in [1.54, 1.807) is 0 Å². The van der Waals surface area contributed by atoms with Crippen LogP contribution in [-0.2, 0) is 24.2 Å². The van der Waals surface area contributed by atoms with Crippen molar-refractivity contribution in [3.63, 3.8) is 0 Å². The molecule has 1 unspecified atom stereocenters. The Morgan fingerprint density at radius 3 is 2.34 bits per heavy atom.